The lowest BCUT2D eigenvalue weighted by Crippen LogP contribution is -2.30. The van der Waals surface area contributed by atoms with Gasteiger partial charge in [-0.3, -0.25) is 4.79 Å². The minimum atomic E-state index is -0.630. The molecule has 0 saturated heterocycles. The van der Waals surface area contributed by atoms with Gasteiger partial charge in [0.15, 0.2) is 6.10 Å². The van der Waals surface area contributed by atoms with Gasteiger partial charge in [0.1, 0.15) is 11.5 Å². The van der Waals surface area contributed by atoms with Gasteiger partial charge < -0.3 is 20.5 Å². The van der Waals surface area contributed by atoms with Gasteiger partial charge in [0.25, 0.3) is 5.91 Å². The zero-order valence-corrected chi connectivity index (χ0v) is 12.0. The number of nitrogens with one attached hydrogen (secondary N) is 1. The van der Waals surface area contributed by atoms with Crippen molar-refractivity contribution < 1.29 is 14.3 Å². The van der Waals surface area contributed by atoms with E-state index in [1.807, 2.05) is 18.2 Å². The van der Waals surface area contributed by atoms with Crippen LogP contribution in [0.25, 0.3) is 0 Å². The van der Waals surface area contributed by atoms with Crippen molar-refractivity contribution in [3.63, 3.8) is 0 Å². The van der Waals surface area contributed by atoms with Crippen LogP contribution in [0.3, 0.4) is 0 Å². The van der Waals surface area contributed by atoms with E-state index in [9.17, 15) is 4.79 Å². The van der Waals surface area contributed by atoms with Crippen LogP contribution in [-0.2, 0) is 4.79 Å². The van der Waals surface area contributed by atoms with E-state index in [2.05, 4.69) is 5.32 Å². The fourth-order valence-electron chi connectivity index (χ4n) is 1.80. The molecule has 2 rings (SSSR count). The number of anilines is 2. The lowest BCUT2D eigenvalue weighted by molar-refractivity contribution is -0.122. The molecule has 0 aliphatic carbocycles. The molecule has 2 aromatic rings. The summed E-state index contributed by atoms with van der Waals surface area (Å²) in [7, 11) is 1.52. The third-order valence-electron chi connectivity index (χ3n) is 2.91. The van der Waals surface area contributed by atoms with E-state index >= 15 is 0 Å². The van der Waals surface area contributed by atoms with E-state index in [0.717, 1.165) is 0 Å². The van der Waals surface area contributed by atoms with Crippen LogP contribution in [0, 0.1) is 0 Å². The van der Waals surface area contributed by atoms with Crippen LogP contribution < -0.4 is 20.5 Å². The van der Waals surface area contributed by atoms with Crippen LogP contribution in [0.15, 0.2) is 48.5 Å². The number of nitrogens with two attached hydrogens (primary N) is 1. The number of rotatable bonds is 5. The molecule has 1 amide bonds. The number of hydrogen-bond donors (Lipinski definition) is 2. The van der Waals surface area contributed by atoms with E-state index < -0.39 is 6.10 Å². The highest BCUT2D eigenvalue weighted by atomic mass is 16.5. The Hall–Kier alpha value is -2.69. The first-order chi connectivity index (χ1) is 10.1. The summed E-state index contributed by atoms with van der Waals surface area (Å²) in [5.41, 5.74) is 6.80. The highest BCUT2D eigenvalue weighted by Crippen LogP contribution is 2.26. The minimum absolute atomic E-state index is 0.262. The maximum atomic E-state index is 12.1. The molecule has 3 N–H and O–H groups in total. The van der Waals surface area contributed by atoms with E-state index in [1.165, 1.54) is 7.11 Å². The molecule has 1 unspecified atom stereocenters. The Morgan fingerprint density at radius 1 is 1.19 bits per heavy atom. The van der Waals surface area contributed by atoms with Gasteiger partial charge in [-0.15, -0.1) is 0 Å². The summed E-state index contributed by atoms with van der Waals surface area (Å²) >= 11 is 0. The molecule has 0 saturated carbocycles. The average molecular weight is 286 g/mol. The van der Waals surface area contributed by atoms with E-state index in [4.69, 9.17) is 15.2 Å². The summed E-state index contributed by atoms with van der Waals surface area (Å²) in [5, 5.41) is 2.76. The van der Waals surface area contributed by atoms with Crippen LogP contribution in [0.1, 0.15) is 6.92 Å². The maximum Gasteiger partial charge on any atom is 0.265 e. The van der Waals surface area contributed by atoms with Crippen LogP contribution in [-0.4, -0.2) is 19.1 Å². The molecule has 0 bridgehead atoms. The van der Waals surface area contributed by atoms with Crippen molar-refractivity contribution in [2.24, 2.45) is 0 Å². The number of amides is 1. The molecule has 1 atom stereocenters. The Balaban J connectivity index is 2.04. The predicted octanol–water partition coefficient (Wildman–Crippen LogP) is 2.68. The summed E-state index contributed by atoms with van der Waals surface area (Å²) < 4.78 is 10.8. The Morgan fingerprint density at radius 2 is 1.90 bits per heavy atom. The number of para-hydroxylation sites is 1. The number of hydrogen-bond acceptors (Lipinski definition) is 4. The standard InChI is InChI=1S/C16H18N2O3/c1-11(21-13-6-4-3-5-7-13)16(19)18-14-9-8-12(17)10-15(14)20-2/h3-11H,17H2,1-2H3,(H,18,19). The Bertz CT molecular complexity index is 614. The molecule has 0 aliphatic rings. The zero-order valence-electron chi connectivity index (χ0n) is 12.0. The van der Waals surface area contributed by atoms with Crippen molar-refractivity contribution in [2.45, 2.75) is 13.0 Å². The number of ether oxygens (including phenoxy) is 2. The van der Waals surface area contributed by atoms with Gasteiger partial charge in [-0.1, -0.05) is 18.2 Å². The largest absolute Gasteiger partial charge is 0.494 e. The first-order valence-corrected chi connectivity index (χ1v) is 6.56. The van der Waals surface area contributed by atoms with Crippen molar-refractivity contribution in [3.05, 3.63) is 48.5 Å². The van der Waals surface area contributed by atoms with Gasteiger partial charge in [0, 0.05) is 11.8 Å². The predicted molar refractivity (Wildman–Crippen MR) is 82.6 cm³/mol. The second-order valence-corrected chi connectivity index (χ2v) is 4.52. The second-order valence-electron chi connectivity index (χ2n) is 4.52. The minimum Gasteiger partial charge on any atom is -0.494 e. The van der Waals surface area contributed by atoms with Crippen LogP contribution >= 0.6 is 0 Å². The zero-order chi connectivity index (χ0) is 15.2. The Labute approximate surface area is 123 Å². The van der Waals surface area contributed by atoms with Gasteiger partial charge in [0.2, 0.25) is 0 Å². The lowest BCUT2D eigenvalue weighted by Gasteiger charge is -2.16. The van der Waals surface area contributed by atoms with Gasteiger partial charge in [-0.05, 0) is 31.2 Å². The quantitative estimate of drug-likeness (QED) is 0.829. The first kappa shape index (κ1) is 14.7. The third-order valence-corrected chi connectivity index (χ3v) is 2.91. The van der Waals surface area contributed by atoms with Crippen molar-refractivity contribution in [1.29, 1.82) is 0 Å². The Morgan fingerprint density at radius 3 is 2.57 bits per heavy atom. The van der Waals surface area contributed by atoms with Crippen molar-refractivity contribution in [1.82, 2.24) is 0 Å². The number of carbonyl (C=O) groups excluding carboxylic acids is 1. The molecule has 0 aliphatic heterocycles. The smallest absolute Gasteiger partial charge is 0.265 e. The fraction of sp³-hybridized carbons (Fsp3) is 0.188. The fourth-order valence-corrected chi connectivity index (χ4v) is 1.80. The van der Waals surface area contributed by atoms with Gasteiger partial charge >= 0.3 is 0 Å². The summed E-state index contributed by atoms with van der Waals surface area (Å²) in [6.45, 7) is 1.69. The van der Waals surface area contributed by atoms with Crippen LogP contribution in [0.5, 0.6) is 11.5 Å². The molecule has 0 fully saturated rings. The summed E-state index contributed by atoms with van der Waals surface area (Å²) in [6, 6.07) is 14.2. The van der Waals surface area contributed by atoms with Gasteiger partial charge in [0.05, 0.1) is 12.8 Å². The molecule has 110 valence electrons. The summed E-state index contributed by atoms with van der Waals surface area (Å²) in [6.07, 6.45) is -0.630. The molecular weight excluding hydrogens is 268 g/mol. The van der Waals surface area contributed by atoms with Crippen LogP contribution in [0.2, 0.25) is 0 Å². The highest BCUT2D eigenvalue weighted by Gasteiger charge is 2.16. The van der Waals surface area contributed by atoms with Crippen LogP contribution in [0.4, 0.5) is 11.4 Å². The third kappa shape index (κ3) is 3.89. The number of methoxy groups -OCH3 is 1. The first-order valence-electron chi connectivity index (χ1n) is 6.56. The van der Waals surface area contributed by atoms with Gasteiger partial charge in [-0.2, -0.15) is 0 Å². The molecule has 0 radical (unpaired) electrons. The average Bonchev–Trinajstić information content (AvgIpc) is 2.49. The van der Waals surface area contributed by atoms with Crippen molar-refractivity contribution in [2.75, 3.05) is 18.2 Å². The monoisotopic (exact) mass is 286 g/mol. The molecule has 5 heteroatoms. The SMILES string of the molecule is COc1cc(N)ccc1NC(=O)C(C)Oc1ccccc1. The lowest BCUT2D eigenvalue weighted by atomic mass is 10.2. The Kier molecular flexibility index (Phi) is 4.66. The molecule has 21 heavy (non-hydrogen) atoms. The second kappa shape index (κ2) is 6.65. The molecule has 2 aromatic carbocycles. The van der Waals surface area contributed by atoms with E-state index in [-0.39, 0.29) is 5.91 Å². The topological polar surface area (TPSA) is 73.6 Å². The van der Waals surface area contributed by atoms with Gasteiger partial charge in [-0.25, -0.2) is 0 Å². The van der Waals surface area contributed by atoms with Crippen molar-refractivity contribution in [3.8, 4) is 11.5 Å². The van der Waals surface area contributed by atoms with Crippen molar-refractivity contribution >= 4 is 17.3 Å². The van der Waals surface area contributed by atoms with E-state index in [0.29, 0.717) is 22.9 Å². The maximum absolute atomic E-state index is 12.1. The summed E-state index contributed by atoms with van der Waals surface area (Å²) in [4.78, 5) is 12.1. The number of nitrogen functional groups attached to an aromatic ring is 1. The number of benzene rings is 2. The summed E-state index contributed by atoms with van der Waals surface area (Å²) in [5.74, 6) is 0.890. The molecule has 0 heterocycles. The highest BCUT2D eigenvalue weighted by molar-refractivity contribution is 5.95. The molecule has 0 aromatic heterocycles. The van der Waals surface area contributed by atoms with E-state index in [1.54, 1.807) is 37.3 Å². The molecule has 0 spiro atoms. The number of carbonyl (C=O) groups is 1. The molecule has 5 nitrogen and oxygen atoms in total. The molecular formula is C16H18N2O3. The normalized spacial score (nSPS) is 11.5.